The maximum atomic E-state index is 6.15. The molecule has 1 saturated heterocycles. The van der Waals surface area contributed by atoms with Crippen molar-refractivity contribution in [3.63, 3.8) is 0 Å². The van der Waals surface area contributed by atoms with Crippen LogP contribution in [0, 0.1) is 6.92 Å². The molecule has 7 heteroatoms. The van der Waals surface area contributed by atoms with Gasteiger partial charge in [-0.15, -0.1) is 0 Å². The number of piperazine rings is 1. The summed E-state index contributed by atoms with van der Waals surface area (Å²) >= 11 is 6.15. The molecule has 0 spiro atoms. The summed E-state index contributed by atoms with van der Waals surface area (Å²) in [5.74, 6) is 2.43. The second-order valence-electron chi connectivity index (χ2n) is 7.64. The van der Waals surface area contributed by atoms with E-state index in [4.69, 9.17) is 21.1 Å². The van der Waals surface area contributed by atoms with Crippen LogP contribution in [0.15, 0.2) is 39.8 Å². The Labute approximate surface area is 171 Å². The maximum absolute atomic E-state index is 6.15. The van der Waals surface area contributed by atoms with Gasteiger partial charge in [0.2, 0.25) is 0 Å². The lowest BCUT2D eigenvalue weighted by atomic mass is 10.1. The van der Waals surface area contributed by atoms with Gasteiger partial charge < -0.3 is 14.7 Å². The van der Waals surface area contributed by atoms with E-state index >= 15 is 0 Å². The number of aromatic nitrogens is 1. The smallest absolute Gasteiger partial charge is 0.194 e. The Balaban J connectivity index is 1.30. The first-order valence-electron chi connectivity index (χ1n) is 10.1. The van der Waals surface area contributed by atoms with Gasteiger partial charge in [-0.25, -0.2) is 0 Å². The predicted molar refractivity (Wildman–Crippen MR) is 112 cm³/mol. The fourth-order valence-corrected chi connectivity index (χ4v) is 4.05. The van der Waals surface area contributed by atoms with Crippen LogP contribution >= 0.6 is 11.6 Å². The molecule has 4 rings (SSSR count). The van der Waals surface area contributed by atoms with Crippen LogP contribution in [0.5, 0.6) is 0 Å². The summed E-state index contributed by atoms with van der Waals surface area (Å²) < 4.78 is 5.18. The third kappa shape index (κ3) is 4.67. The molecule has 6 nitrogen and oxygen atoms in total. The molecule has 1 aliphatic heterocycles. The quantitative estimate of drug-likeness (QED) is 0.615. The molecule has 2 aromatic rings. The highest BCUT2D eigenvalue weighted by Gasteiger charge is 2.40. The van der Waals surface area contributed by atoms with Gasteiger partial charge in [-0.1, -0.05) is 28.9 Å². The van der Waals surface area contributed by atoms with Crippen LogP contribution < -0.4 is 5.32 Å². The minimum absolute atomic E-state index is 0.444. The number of halogens is 1. The topological polar surface area (TPSA) is 56.9 Å². The van der Waals surface area contributed by atoms with Crippen molar-refractivity contribution in [2.75, 3.05) is 32.7 Å². The number of nitrogens with zero attached hydrogens (tertiary/aromatic N) is 4. The average Bonchev–Trinajstić information content (AvgIpc) is 3.34. The number of guanidine groups is 1. The molecule has 1 N–H and O–H groups in total. The molecule has 150 valence electrons. The number of nitrogens with one attached hydrogen (secondary N) is 1. The average molecular weight is 402 g/mol. The van der Waals surface area contributed by atoms with Gasteiger partial charge in [0.15, 0.2) is 5.96 Å². The molecule has 2 atom stereocenters. The van der Waals surface area contributed by atoms with Crippen molar-refractivity contribution in [2.24, 2.45) is 4.99 Å². The Bertz CT molecular complexity index is 828. The molecule has 1 aromatic heterocycles. The summed E-state index contributed by atoms with van der Waals surface area (Å²) in [7, 11) is 0. The summed E-state index contributed by atoms with van der Waals surface area (Å²) in [6.07, 6.45) is 1.13. The molecule has 2 heterocycles. The minimum atomic E-state index is 0.444. The Kier molecular flexibility index (Phi) is 5.87. The number of benzene rings is 1. The number of aryl methyl sites for hydroxylation is 1. The van der Waals surface area contributed by atoms with Crippen LogP contribution in [0.25, 0.3) is 0 Å². The minimum Gasteiger partial charge on any atom is -0.361 e. The van der Waals surface area contributed by atoms with Gasteiger partial charge in [-0.3, -0.25) is 9.89 Å². The standard InChI is InChI=1S/C21H28ClN5O/c1-3-23-21(24-20-13-19(20)16-5-4-6-17(22)12-16)27-9-7-26(8-10-27)14-18-11-15(2)28-25-18/h4-6,11-12,19-20H,3,7-10,13-14H2,1-2H3,(H,23,24). The van der Waals surface area contributed by atoms with Crippen LogP contribution in [0.3, 0.4) is 0 Å². The number of hydrogen-bond donors (Lipinski definition) is 1. The van der Waals surface area contributed by atoms with Crippen molar-refractivity contribution in [3.8, 4) is 0 Å². The lowest BCUT2D eigenvalue weighted by molar-refractivity contribution is 0.168. The number of rotatable bonds is 5. The Hall–Kier alpha value is -2.05. The van der Waals surface area contributed by atoms with Crippen LogP contribution in [0.2, 0.25) is 5.02 Å². The van der Waals surface area contributed by atoms with E-state index < -0.39 is 0 Å². The van der Waals surface area contributed by atoms with Gasteiger partial charge in [0.05, 0.1) is 5.69 Å². The van der Waals surface area contributed by atoms with Crippen molar-refractivity contribution < 1.29 is 4.52 Å². The Morgan fingerprint density at radius 3 is 2.79 bits per heavy atom. The normalized spacial score (nSPS) is 23.1. The lowest BCUT2D eigenvalue weighted by Gasteiger charge is -2.36. The first-order chi connectivity index (χ1) is 13.6. The predicted octanol–water partition coefficient (Wildman–Crippen LogP) is 3.28. The van der Waals surface area contributed by atoms with Crippen LogP contribution in [0.1, 0.15) is 36.3 Å². The molecule has 0 radical (unpaired) electrons. The van der Waals surface area contributed by atoms with Gasteiger partial charge in [0.1, 0.15) is 5.76 Å². The van der Waals surface area contributed by atoms with Gasteiger partial charge in [0.25, 0.3) is 0 Å². The monoisotopic (exact) mass is 401 g/mol. The van der Waals surface area contributed by atoms with E-state index in [0.29, 0.717) is 12.0 Å². The molecule has 2 fully saturated rings. The first-order valence-corrected chi connectivity index (χ1v) is 10.5. The van der Waals surface area contributed by atoms with Crippen molar-refractivity contribution in [3.05, 3.63) is 52.4 Å². The fourth-order valence-electron chi connectivity index (χ4n) is 3.85. The molecule has 0 amide bonds. The second-order valence-corrected chi connectivity index (χ2v) is 8.07. The largest absolute Gasteiger partial charge is 0.361 e. The molecular formula is C21H28ClN5O. The van der Waals surface area contributed by atoms with Crippen LogP contribution in [0.4, 0.5) is 0 Å². The Morgan fingerprint density at radius 2 is 2.11 bits per heavy atom. The summed E-state index contributed by atoms with van der Waals surface area (Å²) in [6, 6.07) is 10.7. The van der Waals surface area contributed by atoms with E-state index in [2.05, 4.69) is 39.3 Å². The zero-order valence-electron chi connectivity index (χ0n) is 16.6. The maximum Gasteiger partial charge on any atom is 0.194 e. The summed E-state index contributed by atoms with van der Waals surface area (Å²) in [6.45, 7) is 9.59. The summed E-state index contributed by atoms with van der Waals surface area (Å²) in [5, 5.41) is 8.60. The van der Waals surface area contributed by atoms with Gasteiger partial charge in [-0.05, 0) is 38.0 Å². The third-order valence-corrected chi connectivity index (χ3v) is 5.66. The second kappa shape index (κ2) is 8.53. The zero-order chi connectivity index (χ0) is 19.5. The highest BCUT2D eigenvalue weighted by atomic mass is 35.5. The fraction of sp³-hybridized carbons (Fsp3) is 0.524. The molecule has 0 bridgehead atoms. The van der Waals surface area contributed by atoms with Crippen LogP contribution in [-0.2, 0) is 6.54 Å². The molecular weight excluding hydrogens is 374 g/mol. The van der Waals surface area contributed by atoms with E-state index in [1.807, 2.05) is 25.1 Å². The lowest BCUT2D eigenvalue weighted by Crippen LogP contribution is -2.52. The van der Waals surface area contributed by atoms with E-state index in [9.17, 15) is 0 Å². The van der Waals surface area contributed by atoms with Crippen molar-refractivity contribution >= 4 is 17.6 Å². The van der Waals surface area contributed by atoms with E-state index in [1.54, 1.807) is 0 Å². The van der Waals surface area contributed by atoms with Crippen molar-refractivity contribution in [2.45, 2.75) is 38.8 Å². The van der Waals surface area contributed by atoms with Crippen molar-refractivity contribution in [1.29, 1.82) is 0 Å². The summed E-state index contributed by atoms with van der Waals surface area (Å²) in [4.78, 5) is 9.54. The summed E-state index contributed by atoms with van der Waals surface area (Å²) in [5.41, 5.74) is 2.32. The first kappa shape index (κ1) is 19.3. The van der Waals surface area contributed by atoms with Gasteiger partial charge >= 0.3 is 0 Å². The highest BCUT2D eigenvalue weighted by Crippen LogP contribution is 2.41. The van der Waals surface area contributed by atoms with Crippen molar-refractivity contribution in [1.82, 2.24) is 20.3 Å². The molecule has 1 saturated carbocycles. The molecule has 2 aliphatic rings. The SMILES string of the molecule is CCN=C(NC1CC1c1cccc(Cl)c1)N1CCN(Cc2cc(C)on2)CC1. The number of hydrogen-bond acceptors (Lipinski definition) is 4. The van der Waals surface area contributed by atoms with E-state index in [0.717, 1.165) is 68.1 Å². The van der Waals surface area contributed by atoms with Crippen LogP contribution in [-0.4, -0.2) is 59.7 Å². The van der Waals surface area contributed by atoms with Gasteiger partial charge in [-0.2, -0.15) is 0 Å². The van der Waals surface area contributed by atoms with E-state index in [-0.39, 0.29) is 0 Å². The highest BCUT2D eigenvalue weighted by molar-refractivity contribution is 6.30. The molecule has 28 heavy (non-hydrogen) atoms. The van der Waals surface area contributed by atoms with Gasteiger partial charge in [0, 0.05) is 62.3 Å². The molecule has 1 aromatic carbocycles. The molecule has 2 unspecified atom stereocenters. The Morgan fingerprint density at radius 1 is 1.29 bits per heavy atom. The third-order valence-electron chi connectivity index (χ3n) is 5.42. The molecule has 1 aliphatic carbocycles. The zero-order valence-corrected chi connectivity index (χ0v) is 17.3. The van der Waals surface area contributed by atoms with E-state index in [1.165, 1.54) is 5.56 Å². The number of aliphatic imine (C=N–C) groups is 1.